The number of amides is 1. The van der Waals surface area contributed by atoms with E-state index in [0.29, 0.717) is 17.1 Å². The Morgan fingerprint density at radius 3 is 3.00 bits per heavy atom. The van der Waals surface area contributed by atoms with E-state index in [9.17, 15) is 4.79 Å². The lowest BCUT2D eigenvalue weighted by atomic mass is 9.97. The highest BCUT2D eigenvalue weighted by atomic mass is 32.1. The number of carbonyl (C=O) groups excluding carboxylic acids is 1. The van der Waals surface area contributed by atoms with Crippen LogP contribution in [0, 0.1) is 5.92 Å². The van der Waals surface area contributed by atoms with Crippen molar-refractivity contribution in [2.45, 2.75) is 38.1 Å². The highest BCUT2D eigenvalue weighted by molar-refractivity contribution is 7.15. The summed E-state index contributed by atoms with van der Waals surface area (Å²) in [5.41, 5.74) is 6.82. The maximum atomic E-state index is 11.6. The lowest BCUT2D eigenvalue weighted by molar-refractivity contribution is -0.123. The van der Waals surface area contributed by atoms with E-state index in [1.165, 1.54) is 4.88 Å². The van der Waals surface area contributed by atoms with Gasteiger partial charge in [0, 0.05) is 23.3 Å². The Morgan fingerprint density at radius 1 is 1.44 bits per heavy atom. The Labute approximate surface area is 98.3 Å². The predicted octanol–water partition coefficient (Wildman–Crippen LogP) is 1.11. The number of anilines is 1. The van der Waals surface area contributed by atoms with E-state index in [1.54, 1.807) is 11.3 Å². The number of thiazole rings is 1. The number of nitrogens with zero attached hydrogens (tertiary/aromatic N) is 1. The van der Waals surface area contributed by atoms with Crippen LogP contribution in [0.1, 0.15) is 29.8 Å². The van der Waals surface area contributed by atoms with E-state index in [2.05, 4.69) is 10.3 Å². The summed E-state index contributed by atoms with van der Waals surface area (Å²) in [6, 6.07) is 0.292. The van der Waals surface area contributed by atoms with Gasteiger partial charge in [0.2, 0.25) is 5.91 Å². The highest BCUT2D eigenvalue weighted by Crippen LogP contribution is 2.31. The van der Waals surface area contributed by atoms with Crippen molar-refractivity contribution in [2.24, 2.45) is 5.92 Å². The molecule has 16 heavy (non-hydrogen) atoms. The van der Waals surface area contributed by atoms with Crippen LogP contribution >= 0.6 is 11.3 Å². The second kappa shape index (κ2) is 3.73. The van der Waals surface area contributed by atoms with Crippen molar-refractivity contribution < 1.29 is 4.79 Å². The Morgan fingerprint density at radius 2 is 2.25 bits per heavy atom. The molecule has 1 fully saturated rings. The number of carbonyl (C=O) groups is 1. The minimum Gasteiger partial charge on any atom is -0.375 e. The van der Waals surface area contributed by atoms with E-state index in [-0.39, 0.29) is 5.91 Å². The Bertz CT molecular complexity index is 425. The van der Waals surface area contributed by atoms with Gasteiger partial charge in [-0.25, -0.2) is 4.98 Å². The standard InChI is InChI=1S/C11H15N3OS/c12-11-14-8-4-3-7(5-9(8)16-11)13-10(15)6-1-2-6/h6-7H,1-5H2,(H2,12,14)(H,13,15)/t7-/m0/s1. The molecule has 1 heterocycles. The van der Waals surface area contributed by atoms with Gasteiger partial charge in [-0.15, -0.1) is 11.3 Å². The summed E-state index contributed by atoms with van der Waals surface area (Å²) in [5, 5.41) is 3.78. The molecule has 2 aliphatic carbocycles. The molecule has 3 rings (SSSR count). The molecule has 86 valence electrons. The Kier molecular flexibility index (Phi) is 2.35. The van der Waals surface area contributed by atoms with Gasteiger partial charge in [0.25, 0.3) is 0 Å². The predicted molar refractivity (Wildman–Crippen MR) is 63.2 cm³/mol. The van der Waals surface area contributed by atoms with Crippen LogP contribution in [0.15, 0.2) is 0 Å². The molecule has 5 heteroatoms. The quantitative estimate of drug-likeness (QED) is 0.809. The highest BCUT2D eigenvalue weighted by Gasteiger charge is 2.32. The van der Waals surface area contributed by atoms with Gasteiger partial charge in [-0.05, 0) is 25.7 Å². The summed E-state index contributed by atoms with van der Waals surface area (Å²) in [6.45, 7) is 0. The number of hydrogen-bond donors (Lipinski definition) is 2. The maximum Gasteiger partial charge on any atom is 0.223 e. The molecule has 1 amide bonds. The van der Waals surface area contributed by atoms with Crippen molar-refractivity contribution in [3.05, 3.63) is 10.6 Å². The fraction of sp³-hybridized carbons (Fsp3) is 0.636. The molecule has 0 aliphatic heterocycles. The third-order valence-corrected chi connectivity index (χ3v) is 4.20. The van der Waals surface area contributed by atoms with Gasteiger partial charge in [-0.2, -0.15) is 0 Å². The van der Waals surface area contributed by atoms with Crippen LogP contribution in [0.25, 0.3) is 0 Å². The molecule has 1 atom stereocenters. The second-order valence-corrected chi connectivity index (χ2v) is 5.76. The summed E-state index contributed by atoms with van der Waals surface area (Å²) in [7, 11) is 0. The summed E-state index contributed by atoms with van der Waals surface area (Å²) >= 11 is 1.56. The van der Waals surface area contributed by atoms with Crippen molar-refractivity contribution in [1.29, 1.82) is 0 Å². The molecule has 1 aromatic heterocycles. The smallest absolute Gasteiger partial charge is 0.223 e. The van der Waals surface area contributed by atoms with Crippen molar-refractivity contribution in [2.75, 3.05) is 5.73 Å². The maximum absolute atomic E-state index is 11.6. The normalized spacial score (nSPS) is 23.9. The summed E-state index contributed by atoms with van der Waals surface area (Å²) in [4.78, 5) is 17.2. The average Bonchev–Trinajstić information content (AvgIpc) is 3.01. The van der Waals surface area contributed by atoms with E-state index in [0.717, 1.165) is 37.8 Å². The first-order valence-electron chi connectivity index (χ1n) is 5.77. The average molecular weight is 237 g/mol. The zero-order chi connectivity index (χ0) is 11.1. The van der Waals surface area contributed by atoms with Crippen LogP contribution < -0.4 is 11.1 Å². The van der Waals surface area contributed by atoms with Gasteiger partial charge in [-0.3, -0.25) is 4.79 Å². The SMILES string of the molecule is Nc1nc2c(s1)C[C@@H](NC(=O)C1CC1)CC2. The van der Waals surface area contributed by atoms with Gasteiger partial charge in [-0.1, -0.05) is 0 Å². The second-order valence-electron chi connectivity index (χ2n) is 4.64. The third-order valence-electron chi connectivity index (χ3n) is 3.25. The first-order chi connectivity index (χ1) is 7.72. The van der Waals surface area contributed by atoms with Crippen LogP contribution in [-0.2, 0) is 17.6 Å². The molecule has 0 unspecified atom stereocenters. The monoisotopic (exact) mass is 237 g/mol. The molecule has 4 nitrogen and oxygen atoms in total. The third kappa shape index (κ3) is 1.91. The van der Waals surface area contributed by atoms with Gasteiger partial charge in [0.05, 0.1) is 5.69 Å². The number of aryl methyl sites for hydroxylation is 1. The zero-order valence-corrected chi connectivity index (χ0v) is 9.85. The van der Waals surface area contributed by atoms with Crippen LogP contribution in [0.3, 0.4) is 0 Å². The largest absolute Gasteiger partial charge is 0.375 e. The zero-order valence-electron chi connectivity index (χ0n) is 9.03. The van der Waals surface area contributed by atoms with Crippen molar-refractivity contribution in [3.8, 4) is 0 Å². The van der Waals surface area contributed by atoms with Gasteiger partial charge in [0.1, 0.15) is 0 Å². The molecule has 0 saturated heterocycles. The van der Waals surface area contributed by atoms with E-state index in [1.807, 2.05) is 0 Å². The van der Waals surface area contributed by atoms with Gasteiger partial charge < -0.3 is 11.1 Å². The Hall–Kier alpha value is -1.10. The van der Waals surface area contributed by atoms with Crippen molar-refractivity contribution in [3.63, 3.8) is 0 Å². The van der Waals surface area contributed by atoms with Gasteiger partial charge in [0.15, 0.2) is 5.13 Å². The topological polar surface area (TPSA) is 68.0 Å². The molecule has 3 N–H and O–H groups in total. The van der Waals surface area contributed by atoms with Crippen LogP contribution in [0.5, 0.6) is 0 Å². The van der Waals surface area contributed by atoms with Crippen molar-refractivity contribution >= 4 is 22.4 Å². The van der Waals surface area contributed by atoms with Crippen LogP contribution in [0.4, 0.5) is 5.13 Å². The molecule has 0 aromatic carbocycles. The lowest BCUT2D eigenvalue weighted by Crippen LogP contribution is -2.39. The minimum atomic E-state index is 0.242. The van der Waals surface area contributed by atoms with Crippen LogP contribution in [0.2, 0.25) is 0 Å². The molecular formula is C11H15N3OS. The van der Waals surface area contributed by atoms with Crippen LogP contribution in [-0.4, -0.2) is 16.9 Å². The number of aromatic nitrogens is 1. The summed E-state index contributed by atoms with van der Waals surface area (Å²) < 4.78 is 0. The minimum absolute atomic E-state index is 0.242. The number of rotatable bonds is 2. The summed E-state index contributed by atoms with van der Waals surface area (Å²) in [6.07, 6.45) is 4.98. The molecule has 0 bridgehead atoms. The number of nitrogens with two attached hydrogens (primary N) is 1. The van der Waals surface area contributed by atoms with Crippen molar-refractivity contribution in [1.82, 2.24) is 10.3 Å². The molecule has 1 saturated carbocycles. The number of nitrogen functional groups attached to an aromatic ring is 1. The fourth-order valence-electron chi connectivity index (χ4n) is 2.18. The first-order valence-corrected chi connectivity index (χ1v) is 6.58. The molecule has 0 radical (unpaired) electrons. The van der Waals surface area contributed by atoms with E-state index in [4.69, 9.17) is 5.73 Å². The molecule has 0 spiro atoms. The molecule has 2 aliphatic rings. The van der Waals surface area contributed by atoms with Gasteiger partial charge >= 0.3 is 0 Å². The summed E-state index contributed by atoms with van der Waals surface area (Å²) in [5.74, 6) is 0.541. The first kappa shape index (κ1) is 10.1. The molecular weight excluding hydrogens is 222 g/mol. The number of hydrogen-bond acceptors (Lipinski definition) is 4. The molecule has 1 aromatic rings. The van der Waals surface area contributed by atoms with E-state index >= 15 is 0 Å². The number of fused-ring (bicyclic) bond motifs is 1. The lowest BCUT2D eigenvalue weighted by Gasteiger charge is -2.22. The number of nitrogens with one attached hydrogen (secondary N) is 1. The van der Waals surface area contributed by atoms with E-state index < -0.39 is 0 Å². The Balaban J connectivity index is 1.65. The fourth-order valence-corrected chi connectivity index (χ4v) is 3.14.